The summed E-state index contributed by atoms with van der Waals surface area (Å²) < 4.78 is 43.7. The van der Waals surface area contributed by atoms with Gasteiger partial charge in [-0.1, -0.05) is 6.92 Å². The Kier molecular flexibility index (Phi) is 5.61. The summed E-state index contributed by atoms with van der Waals surface area (Å²) in [5.41, 5.74) is -0.737. The maximum absolute atomic E-state index is 12.5. The summed E-state index contributed by atoms with van der Waals surface area (Å²) in [6.45, 7) is 3.68. The third-order valence-corrected chi connectivity index (χ3v) is 2.47. The number of aromatic nitrogens is 2. The summed E-state index contributed by atoms with van der Waals surface area (Å²) in [6.07, 6.45) is -1.54. The average molecular weight is 265 g/mol. The van der Waals surface area contributed by atoms with E-state index in [2.05, 4.69) is 10.4 Å². The van der Waals surface area contributed by atoms with Gasteiger partial charge in [0.25, 0.3) is 0 Å². The van der Waals surface area contributed by atoms with Crippen LogP contribution in [-0.2, 0) is 10.9 Å². The monoisotopic (exact) mass is 265 g/mol. The van der Waals surface area contributed by atoms with Gasteiger partial charge in [-0.25, -0.2) is 0 Å². The zero-order valence-corrected chi connectivity index (χ0v) is 10.5. The van der Waals surface area contributed by atoms with Crippen LogP contribution in [0.4, 0.5) is 13.2 Å². The van der Waals surface area contributed by atoms with E-state index in [1.807, 2.05) is 6.92 Å². The number of nitrogens with zero attached hydrogens (tertiary/aromatic N) is 2. The van der Waals surface area contributed by atoms with E-state index in [4.69, 9.17) is 4.74 Å². The highest BCUT2D eigenvalue weighted by Gasteiger charge is 2.32. The third kappa shape index (κ3) is 4.30. The molecule has 0 aliphatic heterocycles. The van der Waals surface area contributed by atoms with Gasteiger partial charge in [0.1, 0.15) is 0 Å². The minimum absolute atomic E-state index is 0.238. The maximum atomic E-state index is 12.5. The van der Waals surface area contributed by atoms with Gasteiger partial charge in [-0.15, -0.1) is 0 Å². The summed E-state index contributed by atoms with van der Waals surface area (Å²) in [7, 11) is 1.51. The zero-order valence-electron chi connectivity index (χ0n) is 10.5. The summed E-state index contributed by atoms with van der Waals surface area (Å²) >= 11 is 0. The molecule has 0 amide bonds. The lowest BCUT2D eigenvalue weighted by atomic mass is 10.3. The molecule has 0 aromatic carbocycles. The summed E-state index contributed by atoms with van der Waals surface area (Å²) in [5.74, 6) is 0. The summed E-state index contributed by atoms with van der Waals surface area (Å²) in [4.78, 5) is 0. The molecule has 1 atom stereocenters. The number of methoxy groups -OCH3 is 1. The van der Waals surface area contributed by atoms with Gasteiger partial charge in [0.15, 0.2) is 0 Å². The summed E-state index contributed by atoms with van der Waals surface area (Å²) in [6, 6.07) is -0.238. The van der Waals surface area contributed by atoms with Gasteiger partial charge >= 0.3 is 6.18 Å². The molecule has 0 fully saturated rings. The SMILES string of the molecule is CCCNCC(COC)n1cc(C(F)(F)F)cn1. The van der Waals surface area contributed by atoms with E-state index in [0.717, 1.165) is 25.4 Å². The van der Waals surface area contributed by atoms with Crippen molar-refractivity contribution in [2.75, 3.05) is 26.8 Å². The molecule has 0 saturated heterocycles. The van der Waals surface area contributed by atoms with Crippen molar-refractivity contribution in [3.05, 3.63) is 18.0 Å². The van der Waals surface area contributed by atoms with Crippen molar-refractivity contribution in [1.29, 1.82) is 0 Å². The number of alkyl halides is 3. The molecule has 104 valence electrons. The van der Waals surface area contributed by atoms with Gasteiger partial charge in [0, 0.05) is 19.9 Å². The first-order valence-corrected chi connectivity index (χ1v) is 5.80. The Morgan fingerprint density at radius 3 is 2.72 bits per heavy atom. The molecule has 4 nitrogen and oxygen atoms in total. The van der Waals surface area contributed by atoms with Crippen LogP contribution in [0, 0.1) is 0 Å². The molecule has 1 aromatic rings. The quantitative estimate of drug-likeness (QED) is 0.767. The molecular formula is C11H18F3N3O. The predicted molar refractivity (Wildman–Crippen MR) is 61.3 cm³/mol. The Bertz CT molecular complexity index is 352. The molecule has 1 heterocycles. The molecule has 0 radical (unpaired) electrons. The molecule has 1 N–H and O–H groups in total. The Morgan fingerprint density at radius 1 is 1.50 bits per heavy atom. The van der Waals surface area contributed by atoms with Gasteiger partial charge < -0.3 is 10.1 Å². The lowest BCUT2D eigenvalue weighted by Gasteiger charge is -2.17. The highest BCUT2D eigenvalue weighted by molar-refractivity contribution is 5.08. The van der Waals surface area contributed by atoms with E-state index in [0.29, 0.717) is 13.2 Å². The smallest absolute Gasteiger partial charge is 0.382 e. The number of halogens is 3. The number of hydrogen-bond acceptors (Lipinski definition) is 3. The molecule has 7 heteroatoms. The van der Waals surface area contributed by atoms with Crippen molar-refractivity contribution in [3.63, 3.8) is 0 Å². The minimum Gasteiger partial charge on any atom is -0.382 e. The number of rotatable bonds is 7. The van der Waals surface area contributed by atoms with E-state index in [1.165, 1.54) is 11.8 Å². The van der Waals surface area contributed by atoms with Gasteiger partial charge in [-0.2, -0.15) is 18.3 Å². The fraction of sp³-hybridized carbons (Fsp3) is 0.727. The van der Waals surface area contributed by atoms with Gasteiger partial charge in [0.2, 0.25) is 0 Å². The van der Waals surface area contributed by atoms with Crippen LogP contribution in [0.3, 0.4) is 0 Å². The molecule has 0 spiro atoms. The molecule has 0 aliphatic rings. The van der Waals surface area contributed by atoms with Crippen LogP contribution in [0.15, 0.2) is 12.4 Å². The fourth-order valence-electron chi connectivity index (χ4n) is 1.55. The molecule has 0 saturated carbocycles. The number of hydrogen-bond donors (Lipinski definition) is 1. The Labute approximate surface area is 104 Å². The molecule has 0 bridgehead atoms. The van der Waals surface area contributed by atoms with Gasteiger partial charge in [0.05, 0.1) is 24.4 Å². The predicted octanol–water partition coefficient (Wildman–Crippen LogP) is 2.09. The minimum atomic E-state index is -4.35. The van der Waals surface area contributed by atoms with Crippen LogP contribution in [0.2, 0.25) is 0 Å². The summed E-state index contributed by atoms with van der Waals surface area (Å²) in [5, 5.41) is 6.90. The number of nitrogens with one attached hydrogen (secondary N) is 1. The maximum Gasteiger partial charge on any atom is 0.419 e. The largest absolute Gasteiger partial charge is 0.419 e. The lowest BCUT2D eigenvalue weighted by molar-refractivity contribution is -0.137. The van der Waals surface area contributed by atoms with Gasteiger partial charge in [-0.3, -0.25) is 4.68 Å². The second-order valence-electron chi connectivity index (χ2n) is 4.02. The van der Waals surface area contributed by atoms with Crippen LogP contribution in [0.25, 0.3) is 0 Å². The first-order chi connectivity index (χ1) is 8.49. The Balaban J connectivity index is 2.70. The fourth-order valence-corrected chi connectivity index (χ4v) is 1.55. The van der Waals surface area contributed by atoms with Gasteiger partial charge in [-0.05, 0) is 13.0 Å². The van der Waals surface area contributed by atoms with Crippen LogP contribution in [-0.4, -0.2) is 36.6 Å². The third-order valence-electron chi connectivity index (χ3n) is 2.47. The standard InChI is InChI=1S/C11H18F3N3O/c1-3-4-15-6-10(8-18-2)17-7-9(5-16-17)11(12,13)14/h5,7,10,15H,3-4,6,8H2,1-2H3. The van der Waals surface area contributed by atoms with Crippen molar-refractivity contribution in [3.8, 4) is 0 Å². The second-order valence-corrected chi connectivity index (χ2v) is 4.02. The Morgan fingerprint density at radius 2 is 2.22 bits per heavy atom. The molecular weight excluding hydrogens is 247 g/mol. The topological polar surface area (TPSA) is 39.1 Å². The normalized spacial score (nSPS) is 13.8. The highest BCUT2D eigenvalue weighted by atomic mass is 19.4. The van der Waals surface area contributed by atoms with Crippen LogP contribution in [0.5, 0.6) is 0 Å². The van der Waals surface area contributed by atoms with Crippen LogP contribution < -0.4 is 5.32 Å². The van der Waals surface area contributed by atoms with E-state index in [-0.39, 0.29) is 6.04 Å². The zero-order chi connectivity index (χ0) is 13.6. The van der Waals surface area contributed by atoms with E-state index >= 15 is 0 Å². The molecule has 1 rings (SSSR count). The first kappa shape index (κ1) is 15.0. The van der Waals surface area contributed by atoms with E-state index in [9.17, 15) is 13.2 Å². The van der Waals surface area contributed by atoms with Crippen LogP contribution >= 0.6 is 0 Å². The Hall–Kier alpha value is -1.08. The highest BCUT2D eigenvalue weighted by Crippen LogP contribution is 2.29. The molecule has 1 unspecified atom stereocenters. The van der Waals surface area contributed by atoms with E-state index < -0.39 is 11.7 Å². The second kappa shape index (κ2) is 6.75. The van der Waals surface area contributed by atoms with Crippen molar-refractivity contribution in [2.45, 2.75) is 25.6 Å². The van der Waals surface area contributed by atoms with E-state index in [1.54, 1.807) is 0 Å². The van der Waals surface area contributed by atoms with Crippen molar-refractivity contribution in [2.24, 2.45) is 0 Å². The lowest BCUT2D eigenvalue weighted by Crippen LogP contribution is -2.29. The molecule has 0 aliphatic carbocycles. The van der Waals surface area contributed by atoms with Crippen molar-refractivity contribution < 1.29 is 17.9 Å². The molecule has 18 heavy (non-hydrogen) atoms. The number of ether oxygens (including phenoxy) is 1. The van der Waals surface area contributed by atoms with Crippen molar-refractivity contribution >= 4 is 0 Å². The average Bonchev–Trinajstić information content (AvgIpc) is 2.77. The first-order valence-electron chi connectivity index (χ1n) is 5.80. The van der Waals surface area contributed by atoms with Crippen molar-refractivity contribution in [1.82, 2.24) is 15.1 Å². The van der Waals surface area contributed by atoms with Crippen LogP contribution in [0.1, 0.15) is 24.9 Å². The molecule has 1 aromatic heterocycles.